The van der Waals surface area contributed by atoms with E-state index in [1.807, 2.05) is 35.6 Å². The maximum absolute atomic E-state index is 11.7. The molecular weight excluding hydrogens is 523 g/mol. The maximum atomic E-state index is 11.7. The van der Waals surface area contributed by atoms with Crippen molar-refractivity contribution >= 4 is 47.2 Å². The first kappa shape index (κ1) is 25.5. The summed E-state index contributed by atoms with van der Waals surface area (Å²) in [6, 6.07) is 12.6. The number of thiophene rings is 1. The molecule has 0 saturated heterocycles. The highest BCUT2D eigenvalue weighted by molar-refractivity contribution is 14.0. The van der Waals surface area contributed by atoms with Gasteiger partial charge in [0.1, 0.15) is 5.75 Å². The number of halogens is 1. The van der Waals surface area contributed by atoms with Gasteiger partial charge in [-0.15, -0.1) is 35.3 Å². The standard InChI is InChI=1S/C23H32N4O2S.HI/c1-17(14-21-4-3-13-30-21)15-26-23(24-2)25-12-11-18-5-9-20(10-6-18)29-16-22(28)27-19-7-8-19;/h3-6,9-10,13,17,19H,7-8,11-12,14-16H2,1-2H3,(H,27,28)(H2,24,25,26);1H. The Hall–Kier alpha value is -1.81. The summed E-state index contributed by atoms with van der Waals surface area (Å²) >= 11 is 1.81. The lowest BCUT2D eigenvalue weighted by Gasteiger charge is -2.15. The summed E-state index contributed by atoms with van der Waals surface area (Å²) in [5.74, 6) is 2.04. The van der Waals surface area contributed by atoms with Gasteiger partial charge in [0.05, 0.1) is 0 Å². The Kier molecular flexibility index (Phi) is 11.1. The highest BCUT2D eigenvalue weighted by Gasteiger charge is 2.23. The van der Waals surface area contributed by atoms with Crippen molar-refractivity contribution in [3.63, 3.8) is 0 Å². The molecule has 6 nitrogen and oxygen atoms in total. The molecule has 1 aliphatic rings. The topological polar surface area (TPSA) is 74.8 Å². The van der Waals surface area contributed by atoms with Gasteiger partial charge in [0.15, 0.2) is 12.6 Å². The summed E-state index contributed by atoms with van der Waals surface area (Å²) in [5, 5.41) is 11.8. The largest absolute Gasteiger partial charge is 0.484 e. The van der Waals surface area contributed by atoms with Crippen molar-refractivity contribution in [1.82, 2.24) is 16.0 Å². The number of benzene rings is 1. The normalized spacial score (nSPS) is 14.3. The average Bonchev–Trinajstić information content (AvgIpc) is 3.41. The number of rotatable bonds is 11. The Morgan fingerprint density at radius 1 is 1.23 bits per heavy atom. The second-order valence-corrected chi connectivity index (χ2v) is 8.83. The monoisotopic (exact) mass is 556 g/mol. The zero-order valence-corrected chi connectivity index (χ0v) is 21.4. The lowest BCUT2D eigenvalue weighted by atomic mass is 10.1. The van der Waals surface area contributed by atoms with Crippen molar-refractivity contribution in [2.45, 2.75) is 38.6 Å². The number of ether oxygens (including phenoxy) is 1. The number of hydrogen-bond donors (Lipinski definition) is 3. The first-order valence-electron chi connectivity index (χ1n) is 10.6. The smallest absolute Gasteiger partial charge is 0.258 e. The molecule has 31 heavy (non-hydrogen) atoms. The third kappa shape index (κ3) is 9.90. The van der Waals surface area contributed by atoms with Crippen molar-refractivity contribution in [2.24, 2.45) is 10.9 Å². The minimum atomic E-state index is -0.0469. The van der Waals surface area contributed by atoms with E-state index in [0.29, 0.717) is 12.0 Å². The van der Waals surface area contributed by atoms with Gasteiger partial charge in [-0.25, -0.2) is 0 Å². The number of carbonyl (C=O) groups excluding carboxylic acids is 1. The molecule has 0 aliphatic heterocycles. The molecule has 1 aromatic heterocycles. The van der Waals surface area contributed by atoms with Crippen LogP contribution < -0.4 is 20.7 Å². The van der Waals surface area contributed by atoms with Gasteiger partial charge in [0, 0.05) is 31.1 Å². The number of hydrogen-bond acceptors (Lipinski definition) is 4. The highest BCUT2D eigenvalue weighted by Crippen LogP contribution is 2.18. The van der Waals surface area contributed by atoms with E-state index in [2.05, 4.69) is 45.4 Å². The number of guanidine groups is 1. The van der Waals surface area contributed by atoms with Crippen LogP contribution in [-0.2, 0) is 17.6 Å². The highest BCUT2D eigenvalue weighted by atomic mass is 127. The molecule has 1 amide bonds. The predicted molar refractivity (Wildman–Crippen MR) is 139 cm³/mol. The molecule has 0 radical (unpaired) electrons. The molecule has 8 heteroatoms. The van der Waals surface area contributed by atoms with Crippen molar-refractivity contribution in [3.05, 3.63) is 52.2 Å². The van der Waals surface area contributed by atoms with E-state index in [4.69, 9.17) is 4.74 Å². The van der Waals surface area contributed by atoms with Gasteiger partial charge in [-0.05, 0) is 60.7 Å². The zero-order valence-electron chi connectivity index (χ0n) is 18.2. The fourth-order valence-electron chi connectivity index (χ4n) is 3.06. The van der Waals surface area contributed by atoms with Gasteiger partial charge in [-0.3, -0.25) is 9.79 Å². The van der Waals surface area contributed by atoms with E-state index in [-0.39, 0.29) is 36.5 Å². The molecule has 1 heterocycles. The first-order chi connectivity index (χ1) is 14.6. The number of aliphatic imine (C=N–C) groups is 1. The molecule has 1 aromatic carbocycles. The van der Waals surface area contributed by atoms with Crippen LogP contribution in [0.1, 0.15) is 30.2 Å². The Labute approximate surface area is 206 Å². The Morgan fingerprint density at radius 3 is 2.65 bits per heavy atom. The Morgan fingerprint density at radius 2 is 2.00 bits per heavy atom. The number of nitrogens with zero attached hydrogens (tertiary/aromatic N) is 1. The number of carbonyl (C=O) groups is 1. The van der Waals surface area contributed by atoms with Crippen molar-refractivity contribution in [2.75, 3.05) is 26.7 Å². The third-order valence-electron chi connectivity index (χ3n) is 4.91. The lowest BCUT2D eigenvalue weighted by molar-refractivity contribution is -0.123. The first-order valence-corrected chi connectivity index (χ1v) is 11.5. The van der Waals surface area contributed by atoms with Gasteiger partial charge >= 0.3 is 0 Å². The van der Waals surface area contributed by atoms with Gasteiger partial charge in [-0.2, -0.15) is 0 Å². The van der Waals surface area contributed by atoms with E-state index in [1.54, 1.807) is 7.05 Å². The van der Waals surface area contributed by atoms with Gasteiger partial charge in [0.2, 0.25) is 0 Å². The fourth-order valence-corrected chi connectivity index (χ4v) is 3.93. The molecule has 0 spiro atoms. The molecule has 1 fully saturated rings. The van der Waals surface area contributed by atoms with Crippen LogP contribution in [0.4, 0.5) is 0 Å². The molecule has 1 aliphatic carbocycles. The molecule has 0 bridgehead atoms. The van der Waals surface area contributed by atoms with Crippen LogP contribution in [0, 0.1) is 5.92 Å². The van der Waals surface area contributed by atoms with Gasteiger partial charge in [-0.1, -0.05) is 25.1 Å². The van der Waals surface area contributed by atoms with Crippen molar-refractivity contribution in [1.29, 1.82) is 0 Å². The molecule has 1 unspecified atom stereocenters. The number of nitrogens with one attached hydrogen (secondary N) is 3. The van der Waals surface area contributed by atoms with Crippen LogP contribution in [0.2, 0.25) is 0 Å². The SMILES string of the molecule is CN=C(NCCc1ccc(OCC(=O)NC2CC2)cc1)NCC(C)Cc1cccs1.I. The second-order valence-electron chi connectivity index (χ2n) is 7.79. The van der Waals surface area contributed by atoms with Gasteiger partial charge < -0.3 is 20.7 Å². The molecule has 1 atom stereocenters. The van der Waals surface area contributed by atoms with Gasteiger partial charge in [0.25, 0.3) is 5.91 Å². The summed E-state index contributed by atoms with van der Waals surface area (Å²) < 4.78 is 5.55. The van der Waals surface area contributed by atoms with E-state index in [1.165, 1.54) is 10.4 Å². The second kappa shape index (κ2) is 13.6. The fraction of sp³-hybridized carbons (Fsp3) is 0.478. The third-order valence-corrected chi connectivity index (χ3v) is 5.81. The lowest BCUT2D eigenvalue weighted by Crippen LogP contribution is -2.40. The summed E-state index contributed by atoms with van der Waals surface area (Å²) in [4.78, 5) is 17.4. The van der Waals surface area contributed by atoms with E-state index in [0.717, 1.165) is 50.5 Å². The Bertz CT molecular complexity index is 807. The zero-order chi connectivity index (χ0) is 21.2. The van der Waals surface area contributed by atoms with Crippen molar-refractivity contribution < 1.29 is 9.53 Å². The summed E-state index contributed by atoms with van der Waals surface area (Å²) in [6.45, 7) is 4.00. The molecule has 3 N–H and O–H groups in total. The molecule has 170 valence electrons. The quantitative estimate of drug-likeness (QED) is 0.225. The van der Waals surface area contributed by atoms with Crippen LogP contribution >= 0.6 is 35.3 Å². The van der Waals surface area contributed by atoms with Crippen LogP contribution in [0.25, 0.3) is 0 Å². The minimum Gasteiger partial charge on any atom is -0.484 e. The maximum Gasteiger partial charge on any atom is 0.258 e. The average molecular weight is 557 g/mol. The Balaban J connectivity index is 0.00000341. The van der Waals surface area contributed by atoms with E-state index in [9.17, 15) is 4.79 Å². The van der Waals surface area contributed by atoms with Crippen LogP contribution in [0.15, 0.2) is 46.8 Å². The summed E-state index contributed by atoms with van der Waals surface area (Å²) in [5.41, 5.74) is 1.21. The molecule has 3 rings (SSSR count). The predicted octanol–water partition coefficient (Wildman–Crippen LogP) is 3.61. The van der Waals surface area contributed by atoms with Crippen LogP contribution in [0.5, 0.6) is 5.75 Å². The number of amides is 1. The van der Waals surface area contributed by atoms with E-state index >= 15 is 0 Å². The van der Waals surface area contributed by atoms with Crippen LogP contribution in [0.3, 0.4) is 0 Å². The minimum absolute atomic E-state index is 0. The van der Waals surface area contributed by atoms with Crippen molar-refractivity contribution in [3.8, 4) is 5.75 Å². The van der Waals surface area contributed by atoms with E-state index < -0.39 is 0 Å². The molecule has 1 saturated carbocycles. The van der Waals surface area contributed by atoms with Crippen LogP contribution in [-0.4, -0.2) is 44.7 Å². The molecule has 2 aromatic rings. The summed E-state index contributed by atoms with van der Waals surface area (Å²) in [6.07, 6.45) is 4.14. The summed E-state index contributed by atoms with van der Waals surface area (Å²) in [7, 11) is 1.80. The molecular formula is C23H33IN4O2S.